The Kier molecular flexibility index (Phi) is 6.27. The van der Waals surface area contributed by atoms with Crippen LogP contribution in [-0.4, -0.2) is 35.1 Å². The lowest BCUT2D eigenvalue weighted by molar-refractivity contribution is -0.139. The van der Waals surface area contributed by atoms with Gasteiger partial charge in [0.25, 0.3) is 0 Å². The van der Waals surface area contributed by atoms with Gasteiger partial charge in [-0.2, -0.15) is 0 Å². The molecule has 0 heterocycles. The van der Waals surface area contributed by atoms with Crippen LogP contribution in [0.15, 0.2) is 0 Å². The highest BCUT2D eigenvalue weighted by Crippen LogP contribution is 2.33. The number of nitrogens with two attached hydrogens (primary N) is 1. The largest absolute Gasteiger partial charge is 0.480 e. The Bertz CT molecular complexity index is 369. The van der Waals surface area contributed by atoms with Crippen molar-refractivity contribution in [3.63, 3.8) is 0 Å². The molecule has 0 radical (unpaired) electrons. The van der Waals surface area contributed by atoms with Crippen molar-refractivity contribution >= 4 is 17.9 Å². The van der Waals surface area contributed by atoms with Gasteiger partial charge in [0.2, 0.25) is 5.91 Å². The van der Waals surface area contributed by atoms with Crippen LogP contribution in [0.5, 0.6) is 0 Å². The maximum Gasteiger partial charge on any atom is 0.326 e. The molecule has 0 aromatic heterocycles. The van der Waals surface area contributed by atoms with Gasteiger partial charge < -0.3 is 21.5 Å². The first-order valence-electron chi connectivity index (χ1n) is 7.00. The number of primary amides is 1. The molecule has 2 atom stereocenters. The van der Waals surface area contributed by atoms with Gasteiger partial charge in [0, 0.05) is 12.5 Å². The Hall–Kier alpha value is -1.79. The van der Waals surface area contributed by atoms with Crippen molar-refractivity contribution in [1.82, 2.24) is 10.6 Å². The third-order valence-corrected chi connectivity index (χ3v) is 3.43. The van der Waals surface area contributed by atoms with E-state index in [0.29, 0.717) is 5.92 Å². The first-order chi connectivity index (χ1) is 9.42. The molecule has 20 heavy (non-hydrogen) atoms. The topological polar surface area (TPSA) is 122 Å². The number of carboxylic acid groups (broad SMARTS) is 1. The number of hydrogen-bond acceptors (Lipinski definition) is 3. The number of rotatable bonds is 9. The minimum atomic E-state index is -1.17. The van der Waals surface area contributed by atoms with Gasteiger partial charge in [0.05, 0.1) is 0 Å². The third-order valence-electron chi connectivity index (χ3n) is 3.43. The molecular weight excluding hydrogens is 262 g/mol. The normalized spacial score (nSPS) is 17.1. The number of carbonyl (C=O) groups excluding carboxylic acids is 2. The standard InChI is InChI=1S/C13H23N3O4/c1-2-9(7-8-3-4-8)15-13(20)16-10(12(18)19)5-6-11(14)17/h8-10H,2-7H2,1H3,(H2,14,17)(H,18,19)(H2,15,16,20)/t9?,10-/m1/s1. The number of carboxylic acids is 1. The quantitative estimate of drug-likeness (QED) is 0.495. The molecule has 0 saturated heterocycles. The molecular formula is C13H23N3O4. The highest BCUT2D eigenvalue weighted by Gasteiger charge is 2.26. The summed E-state index contributed by atoms with van der Waals surface area (Å²) in [6.07, 6.45) is 4.08. The van der Waals surface area contributed by atoms with E-state index in [2.05, 4.69) is 10.6 Å². The smallest absolute Gasteiger partial charge is 0.326 e. The zero-order valence-electron chi connectivity index (χ0n) is 11.7. The predicted molar refractivity (Wildman–Crippen MR) is 72.9 cm³/mol. The van der Waals surface area contributed by atoms with E-state index in [9.17, 15) is 14.4 Å². The highest BCUT2D eigenvalue weighted by molar-refractivity contribution is 5.83. The number of urea groups is 1. The Morgan fingerprint density at radius 3 is 2.40 bits per heavy atom. The van der Waals surface area contributed by atoms with Crippen LogP contribution in [0, 0.1) is 5.92 Å². The van der Waals surface area contributed by atoms with E-state index in [1.807, 2.05) is 6.92 Å². The molecule has 0 aromatic rings. The van der Waals surface area contributed by atoms with Crippen LogP contribution in [-0.2, 0) is 9.59 Å². The van der Waals surface area contributed by atoms with Gasteiger partial charge >= 0.3 is 12.0 Å². The van der Waals surface area contributed by atoms with Gasteiger partial charge in [-0.25, -0.2) is 9.59 Å². The van der Waals surface area contributed by atoms with Gasteiger partial charge in [-0.1, -0.05) is 19.8 Å². The van der Waals surface area contributed by atoms with Gasteiger partial charge in [0.15, 0.2) is 0 Å². The molecule has 0 aromatic carbocycles. The van der Waals surface area contributed by atoms with Crippen LogP contribution in [0.2, 0.25) is 0 Å². The van der Waals surface area contributed by atoms with Gasteiger partial charge in [0.1, 0.15) is 6.04 Å². The monoisotopic (exact) mass is 285 g/mol. The lowest BCUT2D eigenvalue weighted by Gasteiger charge is -2.19. The molecule has 1 unspecified atom stereocenters. The number of nitrogens with one attached hydrogen (secondary N) is 2. The number of aliphatic carboxylic acids is 1. The second kappa shape index (κ2) is 7.72. The van der Waals surface area contributed by atoms with Crippen LogP contribution in [0.1, 0.15) is 45.4 Å². The second-order valence-corrected chi connectivity index (χ2v) is 5.30. The fourth-order valence-corrected chi connectivity index (χ4v) is 2.01. The Morgan fingerprint density at radius 2 is 1.95 bits per heavy atom. The fourth-order valence-electron chi connectivity index (χ4n) is 2.01. The van der Waals surface area contributed by atoms with E-state index in [1.165, 1.54) is 12.8 Å². The SMILES string of the molecule is CCC(CC1CC1)NC(=O)N[C@H](CCC(N)=O)C(=O)O. The second-order valence-electron chi connectivity index (χ2n) is 5.30. The summed E-state index contributed by atoms with van der Waals surface area (Å²) in [5.41, 5.74) is 4.98. The Balaban J connectivity index is 2.38. The van der Waals surface area contributed by atoms with Crippen molar-refractivity contribution in [2.24, 2.45) is 11.7 Å². The zero-order valence-corrected chi connectivity index (χ0v) is 11.7. The molecule has 1 fully saturated rings. The molecule has 1 rings (SSSR count). The Labute approximate surface area is 118 Å². The fraction of sp³-hybridized carbons (Fsp3) is 0.769. The molecule has 1 aliphatic carbocycles. The summed E-state index contributed by atoms with van der Waals surface area (Å²) in [6, 6.07) is -1.54. The van der Waals surface area contributed by atoms with Crippen LogP contribution in [0.25, 0.3) is 0 Å². The van der Waals surface area contributed by atoms with Crippen LogP contribution >= 0.6 is 0 Å². The predicted octanol–water partition coefficient (Wildman–Crippen LogP) is 0.583. The molecule has 7 heteroatoms. The summed E-state index contributed by atoms with van der Waals surface area (Å²) in [7, 11) is 0. The number of hydrogen-bond donors (Lipinski definition) is 4. The third kappa shape index (κ3) is 6.40. The van der Waals surface area contributed by atoms with Crippen molar-refractivity contribution < 1.29 is 19.5 Å². The van der Waals surface area contributed by atoms with Crippen molar-refractivity contribution in [3.8, 4) is 0 Å². The number of amides is 3. The maximum absolute atomic E-state index is 11.8. The molecule has 5 N–H and O–H groups in total. The molecule has 7 nitrogen and oxygen atoms in total. The first-order valence-corrected chi connectivity index (χ1v) is 7.00. The summed E-state index contributed by atoms with van der Waals surface area (Å²) in [5.74, 6) is -1.07. The summed E-state index contributed by atoms with van der Waals surface area (Å²) in [5, 5.41) is 14.1. The molecule has 0 aliphatic heterocycles. The van der Waals surface area contributed by atoms with Gasteiger partial charge in [-0.05, 0) is 25.2 Å². The highest BCUT2D eigenvalue weighted by atomic mass is 16.4. The average molecular weight is 285 g/mol. The summed E-state index contributed by atoms with van der Waals surface area (Å²) in [4.78, 5) is 33.4. The zero-order chi connectivity index (χ0) is 15.1. The molecule has 1 saturated carbocycles. The minimum absolute atomic E-state index is 0.00248. The van der Waals surface area contributed by atoms with Crippen molar-refractivity contribution in [3.05, 3.63) is 0 Å². The summed E-state index contributed by atoms with van der Waals surface area (Å²) in [6.45, 7) is 1.98. The average Bonchev–Trinajstić information content (AvgIpc) is 3.16. The molecule has 0 bridgehead atoms. The molecule has 3 amide bonds. The Morgan fingerprint density at radius 1 is 1.30 bits per heavy atom. The molecule has 114 valence electrons. The number of carbonyl (C=O) groups is 3. The first kappa shape index (κ1) is 16.3. The molecule has 1 aliphatic rings. The van der Waals surface area contributed by atoms with E-state index >= 15 is 0 Å². The lowest BCUT2D eigenvalue weighted by Crippen LogP contribution is -2.49. The van der Waals surface area contributed by atoms with Crippen LogP contribution in [0.3, 0.4) is 0 Å². The van der Waals surface area contributed by atoms with E-state index in [-0.39, 0.29) is 18.9 Å². The summed E-state index contributed by atoms with van der Waals surface area (Å²) >= 11 is 0. The lowest BCUT2D eigenvalue weighted by atomic mass is 10.1. The van der Waals surface area contributed by atoms with E-state index in [0.717, 1.165) is 12.8 Å². The summed E-state index contributed by atoms with van der Waals surface area (Å²) < 4.78 is 0. The van der Waals surface area contributed by atoms with Crippen molar-refractivity contribution in [2.75, 3.05) is 0 Å². The van der Waals surface area contributed by atoms with Crippen LogP contribution < -0.4 is 16.4 Å². The van der Waals surface area contributed by atoms with Gasteiger partial charge in [-0.15, -0.1) is 0 Å². The maximum atomic E-state index is 11.8. The van der Waals surface area contributed by atoms with E-state index in [1.54, 1.807) is 0 Å². The minimum Gasteiger partial charge on any atom is -0.480 e. The van der Waals surface area contributed by atoms with Crippen molar-refractivity contribution in [1.29, 1.82) is 0 Å². The van der Waals surface area contributed by atoms with Crippen LogP contribution in [0.4, 0.5) is 4.79 Å². The molecule has 0 spiro atoms. The van der Waals surface area contributed by atoms with E-state index < -0.39 is 23.9 Å². The van der Waals surface area contributed by atoms with Gasteiger partial charge in [-0.3, -0.25) is 4.79 Å². The van der Waals surface area contributed by atoms with E-state index in [4.69, 9.17) is 10.8 Å². The van der Waals surface area contributed by atoms with Crippen molar-refractivity contribution in [2.45, 2.75) is 57.5 Å².